The van der Waals surface area contributed by atoms with Gasteiger partial charge in [0.25, 0.3) is 11.5 Å². The number of rotatable bonds is 3. The molecule has 6 heteroatoms. The molecule has 0 aliphatic rings. The lowest BCUT2D eigenvalue weighted by molar-refractivity contribution is 0.102. The van der Waals surface area contributed by atoms with E-state index in [4.69, 9.17) is 0 Å². The minimum absolute atomic E-state index is 0.0121. The Morgan fingerprint density at radius 2 is 1.81 bits per heavy atom. The summed E-state index contributed by atoms with van der Waals surface area (Å²) in [6, 6.07) is 16.9. The van der Waals surface area contributed by atoms with E-state index in [1.807, 2.05) is 54.8 Å². The lowest BCUT2D eigenvalue weighted by Gasteiger charge is -2.06. The number of hydrogen-bond acceptors (Lipinski definition) is 4. The lowest BCUT2D eigenvalue weighted by atomic mass is 10.1. The molecule has 2 aromatic heterocycles. The first-order valence-electron chi connectivity index (χ1n) is 8.06. The van der Waals surface area contributed by atoms with Gasteiger partial charge in [-0.2, -0.15) is 0 Å². The van der Waals surface area contributed by atoms with Crippen LogP contribution in [-0.4, -0.2) is 15.3 Å². The lowest BCUT2D eigenvalue weighted by Crippen LogP contribution is -2.26. The molecule has 2 aromatic carbocycles. The number of nitrogens with zero attached hydrogens (tertiary/aromatic N) is 2. The van der Waals surface area contributed by atoms with Crippen LogP contribution >= 0.6 is 11.3 Å². The van der Waals surface area contributed by atoms with Gasteiger partial charge >= 0.3 is 0 Å². The van der Waals surface area contributed by atoms with Crippen molar-refractivity contribution >= 4 is 27.9 Å². The molecule has 4 rings (SSSR count). The molecule has 0 aliphatic heterocycles. The predicted molar refractivity (Wildman–Crippen MR) is 104 cm³/mol. The Morgan fingerprint density at radius 1 is 1.08 bits per heavy atom. The first-order valence-corrected chi connectivity index (χ1v) is 8.94. The van der Waals surface area contributed by atoms with Gasteiger partial charge in [0, 0.05) is 17.3 Å². The third-order valence-corrected chi connectivity index (χ3v) is 4.91. The van der Waals surface area contributed by atoms with Crippen molar-refractivity contribution in [1.82, 2.24) is 9.38 Å². The molecule has 4 aromatic rings. The minimum atomic E-state index is -0.468. The Kier molecular flexibility index (Phi) is 4.10. The van der Waals surface area contributed by atoms with Gasteiger partial charge in [0.2, 0.25) is 0 Å². The van der Waals surface area contributed by atoms with Crippen molar-refractivity contribution in [1.29, 1.82) is 0 Å². The second-order valence-corrected chi connectivity index (χ2v) is 6.74. The Bertz CT molecular complexity index is 1150. The maximum absolute atomic E-state index is 13.0. The molecule has 0 bridgehead atoms. The summed E-state index contributed by atoms with van der Waals surface area (Å²) in [7, 11) is 0. The Labute approximate surface area is 153 Å². The molecule has 1 amide bonds. The number of anilines is 1. The molecule has 0 fully saturated rings. The van der Waals surface area contributed by atoms with E-state index in [2.05, 4.69) is 10.3 Å². The van der Waals surface area contributed by atoms with Gasteiger partial charge < -0.3 is 5.32 Å². The highest BCUT2D eigenvalue weighted by Gasteiger charge is 2.17. The molecular formula is C20H15N3O2S. The highest BCUT2D eigenvalue weighted by Crippen LogP contribution is 2.24. The fourth-order valence-electron chi connectivity index (χ4n) is 2.69. The van der Waals surface area contributed by atoms with E-state index in [0.29, 0.717) is 10.6 Å². The smallest absolute Gasteiger partial charge is 0.271 e. The van der Waals surface area contributed by atoms with E-state index in [1.165, 1.54) is 21.9 Å². The molecule has 0 saturated carbocycles. The first kappa shape index (κ1) is 16.2. The monoisotopic (exact) mass is 361 g/mol. The molecule has 1 N–H and O–H groups in total. The molecular weight excluding hydrogens is 346 g/mol. The average Bonchev–Trinajstić information content (AvgIpc) is 3.08. The SMILES string of the molecule is Cc1ccc(-c2csc3ncc(C(=O)Nc4ccccc4)c(=O)n23)cc1. The Morgan fingerprint density at radius 3 is 2.54 bits per heavy atom. The number of para-hydroxylation sites is 1. The third-order valence-electron chi connectivity index (χ3n) is 4.07. The van der Waals surface area contributed by atoms with Gasteiger partial charge in [0.1, 0.15) is 5.56 Å². The van der Waals surface area contributed by atoms with Crippen LogP contribution in [0.1, 0.15) is 15.9 Å². The van der Waals surface area contributed by atoms with Crippen LogP contribution in [-0.2, 0) is 0 Å². The van der Waals surface area contributed by atoms with Crippen LogP contribution in [0.15, 0.2) is 71.0 Å². The van der Waals surface area contributed by atoms with Gasteiger partial charge in [-0.15, -0.1) is 11.3 Å². The van der Waals surface area contributed by atoms with Crippen LogP contribution < -0.4 is 10.9 Å². The number of aryl methyl sites for hydroxylation is 1. The largest absolute Gasteiger partial charge is 0.322 e. The molecule has 0 atom stereocenters. The second-order valence-electron chi connectivity index (χ2n) is 5.90. The van der Waals surface area contributed by atoms with Gasteiger partial charge in [-0.25, -0.2) is 4.98 Å². The molecule has 5 nitrogen and oxygen atoms in total. The van der Waals surface area contributed by atoms with Crippen molar-refractivity contribution in [3.05, 3.63) is 87.7 Å². The fraction of sp³-hybridized carbons (Fsp3) is 0.0500. The molecule has 0 spiro atoms. The molecule has 0 saturated heterocycles. The summed E-state index contributed by atoms with van der Waals surface area (Å²) in [5, 5.41) is 4.62. The molecule has 0 aliphatic carbocycles. The number of fused-ring (bicyclic) bond motifs is 1. The van der Waals surface area contributed by atoms with E-state index in [-0.39, 0.29) is 11.1 Å². The molecule has 26 heavy (non-hydrogen) atoms. The van der Waals surface area contributed by atoms with Crippen LogP contribution in [0.5, 0.6) is 0 Å². The van der Waals surface area contributed by atoms with Gasteiger partial charge in [-0.1, -0.05) is 48.0 Å². The number of thiazole rings is 1. The van der Waals surface area contributed by atoms with Crippen molar-refractivity contribution in [3.8, 4) is 11.3 Å². The standard InChI is InChI=1S/C20H15N3O2S/c1-13-7-9-14(10-8-13)17-12-26-20-21-11-16(19(25)23(17)20)18(24)22-15-5-3-2-4-6-15/h2-12H,1H3,(H,22,24). The quantitative estimate of drug-likeness (QED) is 0.600. The minimum Gasteiger partial charge on any atom is -0.322 e. The zero-order valence-corrected chi connectivity index (χ0v) is 14.8. The van der Waals surface area contributed by atoms with Crippen molar-refractivity contribution in [3.63, 3.8) is 0 Å². The van der Waals surface area contributed by atoms with Crippen LogP contribution in [0.2, 0.25) is 0 Å². The van der Waals surface area contributed by atoms with Crippen LogP contribution in [0.25, 0.3) is 16.2 Å². The number of amides is 1. The number of carbonyl (C=O) groups is 1. The average molecular weight is 361 g/mol. The maximum atomic E-state index is 13.0. The zero-order valence-electron chi connectivity index (χ0n) is 14.0. The number of hydrogen-bond donors (Lipinski definition) is 1. The number of benzene rings is 2. The molecule has 2 heterocycles. The zero-order chi connectivity index (χ0) is 18.1. The van der Waals surface area contributed by atoms with Gasteiger partial charge in [-0.05, 0) is 24.6 Å². The first-order chi connectivity index (χ1) is 12.6. The van der Waals surface area contributed by atoms with Crippen molar-refractivity contribution in [2.24, 2.45) is 0 Å². The highest BCUT2D eigenvalue weighted by molar-refractivity contribution is 7.15. The van der Waals surface area contributed by atoms with Crippen molar-refractivity contribution < 1.29 is 4.79 Å². The predicted octanol–water partition coefficient (Wildman–Crippen LogP) is 3.98. The molecule has 128 valence electrons. The number of carbonyl (C=O) groups excluding carboxylic acids is 1. The Hall–Kier alpha value is -3.25. The maximum Gasteiger partial charge on any atom is 0.271 e. The summed E-state index contributed by atoms with van der Waals surface area (Å²) in [5.41, 5.74) is 3.05. The summed E-state index contributed by atoms with van der Waals surface area (Å²) in [5.74, 6) is -0.468. The van der Waals surface area contributed by atoms with Crippen LogP contribution in [0.4, 0.5) is 5.69 Å². The van der Waals surface area contributed by atoms with Gasteiger partial charge in [-0.3, -0.25) is 14.0 Å². The van der Waals surface area contributed by atoms with Crippen LogP contribution in [0, 0.1) is 6.92 Å². The fourth-order valence-corrected chi connectivity index (χ4v) is 3.55. The molecule has 0 radical (unpaired) electrons. The van der Waals surface area contributed by atoms with E-state index >= 15 is 0 Å². The molecule has 0 unspecified atom stereocenters. The van der Waals surface area contributed by atoms with E-state index in [0.717, 1.165) is 16.8 Å². The third kappa shape index (κ3) is 2.91. The van der Waals surface area contributed by atoms with Gasteiger partial charge in [0.15, 0.2) is 4.96 Å². The van der Waals surface area contributed by atoms with Crippen LogP contribution in [0.3, 0.4) is 0 Å². The van der Waals surface area contributed by atoms with Crippen molar-refractivity contribution in [2.75, 3.05) is 5.32 Å². The van der Waals surface area contributed by atoms with Gasteiger partial charge in [0.05, 0.1) is 5.69 Å². The summed E-state index contributed by atoms with van der Waals surface area (Å²) < 4.78 is 1.50. The highest BCUT2D eigenvalue weighted by atomic mass is 32.1. The van der Waals surface area contributed by atoms with E-state index in [9.17, 15) is 9.59 Å². The van der Waals surface area contributed by atoms with Crippen molar-refractivity contribution in [2.45, 2.75) is 6.92 Å². The second kappa shape index (κ2) is 6.57. The summed E-state index contributed by atoms with van der Waals surface area (Å²) in [6.45, 7) is 2.01. The normalized spacial score (nSPS) is 10.8. The van der Waals surface area contributed by atoms with E-state index < -0.39 is 5.91 Å². The van der Waals surface area contributed by atoms with E-state index in [1.54, 1.807) is 12.1 Å². The number of nitrogens with one attached hydrogen (secondary N) is 1. The topological polar surface area (TPSA) is 63.5 Å². The Balaban J connectivity index is 1.79. The summed E-state index contributed by atoms with van der Waals surface area (Å²) in [4.78, 5) is 30.3. The number of aromatic nitrogens is 2. The summed E-state index contributed by atoms with van der Waals surface area (Å²) >= 11 is 1.37. The summed E-state index contributed by atoms with van der Waals surface area (Å²) in [6.07, 6.45) is 1.34.